The molecule has 15 heavy (non-hydrogen) atoms. The summed E-state index contributed by atoms with van der Waals surface area (Å²) in [5.74, 6) is 0.594. The van der Waals surface area contributed by atoms with E-state index in [1.54, 1.807) is 0 Å². The molecule has 3 nitrogen and oxygen atoms in total. The molecule has 0 saturated carbocycles. The maximum atomic E-state index is 11.2. The highest BCUT2D eigenvalue weighted by Crippen LogP contribution is 2.32. The van der Waals surface area contributed by atoms with E-state index in [9.17, 15) is 4.79 Å². The van der Waals surface area contributed by atoms with Gasteiger partial charge in [0.15, 0.2) is 0 Å². The molecule has 1 aliphatic rings. The van der Waals surface area contributed by atoms with E-state index in [1.807, 2.05) is 18.2 Å². The highest BCUT2D eigenvalue weighted by molar-refractivity contribution is 6.00. The molecule has 78 valence electrons. The molecule has 0 bridgehead atoms. The maximum Gasteiger partial charge on any atom is 0.247 e. The third-order valence-corrected chi connectivity index (χ3v) is 2.38. The number of benzene rings is 1. The number of anilines is 1. The summed E-state index contributed by atoms with van der Waals surface area (Å²) in [5.41, 5.74) is 1.89. The maximum absolute atomic E-state index is 11.2. The normalized spacial score (nSPS) is 13.6. The van der Waals surface area contributed by atoms with Crippen molar-refractivity contribution in [2.45, 2.75) is 12.8 Å². The van der Waals surface area contributed by atoms with Crippen molar-refractivity contribution in [2.24, 2.45) is 0 Å². The van der Waals surface area contributed by atoms with Gasteiger partial charge in [-0.2, -0.15) is 0 Å². The first kappa shape index (κ1) is 9.77. The van der Waals surface area contributed by atoms with Crippen LogP contribution in [0.5, 0.6) is 5.75 Å². The van der Waals surface area contributed by atoms with Crippen LogP contribution >= 0.6 is 0 Å². The predicted octanol–water partition coefficient (Wildman–Crippen LogP) is 2.14. The number of amides is 1. The second kappa shape index (κ2) is 4.17. The van der Waals surface area contributed by atoms with Gasteiger partial charge in [-0.1, -0.05) is 18.7 Å². The van der Waals surface area contributed by atoms with Crippen molar-refractivity contribution in [3.8, 4) is 5.75 Å². The van der Waals surface area contributed by atoms with Crippen LogP contribution < -0.4 is 10.1 Å². The first-order valence-electron chi connectivity index (χ1n) is 4.99. The Balaban J connectivity index is 2.30. The Hall–Kier alpha value is -1.77. The van der Waals surface area contributed by atoms with Crippen molar-refractivity contribution < 1.29 is 9.53 Å². The summed E-state index contributed by atoms with van der Waals surface area (Å²) < 4.78 is 5.55. The summed E-state index contributed by atoms with van der Waals surface area (Å²) in [6.07, 6.45) is 3.29. The second-order valence-corrected chi connectivity index (χ2v) is 3.44. The van der Waals surface area contributed by atoms with Gasteiger partial charge in [0.05, 0.1) is 12.3 Å². The number of aryl methyl sites for hydroxylation is 1. The molecule has 0 saturated heterocycles. The van der Waals surface area contributed by atoms with Crippen LogP contribution in [-0.4, -0.2) is 12.5 Å². The van der Waals surface area contributed by atoms with E-state index in [4.69, 9.17) is 4.74 Å². The van der Waals surface area contributed by atoms with Crippen molar-refractivity contribution in [3.05, 3.63) is 36.4 Å². The highest BCUT2D eigenvalue weighted by atomic mass is 16.5. The topological polar surface area (TPSA) is 38.3 Å². The fourth-order valence-electron chi connectivity index (χ4n) is 1.67. The Morgan fingerprint density at radius 2 is 2.40 bits per heavy atom. The van der Waals surface area contributed by atoms with E-state index >= 15 is 0 Å². The van der Waals surface area contributed by atoms with Gasteiger partial charge in [-0.3, -0.25) is 4.79 Å². The summed E-state index contributed by atoms with van der Waals surface area (Å²) in [5, 5.41) is 2.74. The number of ether oxygens (including phenoxy) is 1. The lowest BCUT2D eigenvalue weighted by atomic mass is 10.1. The number of nitrogens with one attached hydrogen (secondary N) is 1. The lowest BCUT2D eigenvalue weighted by molar-refractivity contribution is -0.111. The first-order chi connectivity index (χ1) is 7.31. The smallest absolute Gasteiger partial charge is 0.247 e. The fourth-order valence-corrected chi connectivity index (χ4v) is 1.67. The Morgan fingerprint density at radius 3 is 3.20 bits per heavy atom. The summed E-state index contributed by atoms with van der Waals surface area (Å²) in [7, 11) is 0. The third kappa shape index (κ3) is 2.01. The minimum atomic E-state index is -0.211. The number of rotatable bonds is 2. The van der Waals surface area contributed by atoms with Crippen molar-refractivity contribution in [1.82, 2.24) is 0 Å². The van der Waals surface area contributed by atoms with Crippen LogP contribution in [0, 0.1) is 0 Å². The largest absolute Gasteiger partial charge is 0.491 e. The molecule has 1 N–H and O–H groups in total. The van der Waals surface area contributed by atoms with Gasteiger partial charge >= 0.3 is 0 Å². The molecule has 1 aromatic carbocycles. The predicted molar refractivity (Wildman–Crippen MR) is 59.1 cm³/mol. The molecule has 0 radical (unpaired) electrons. The monoisotopic (exact) mass is 203 g/mol. The molecule has 0 aromatic heterocycles. The molecule has 1 aromatic rings. The van der Waals surface area contributed by atoms with E-state index in [0.717, 1.165) is 29.8 Å². The van der Waals surface area contributed by atoms with Gasteiger partial charge in [0.1, 0.15) is 5.75 Å². The Labute approximate surface area is 88.8 Å². The summed E-state index contributed by atoms with van der Waals surface area (Å²) in [6.45, 7) is 4.13. The first-order valence-corrected chi connectivity index (χ1v) is 4.99. The van der Waals surface area contributed by atoms with Crippen molar-refractivity contribution in [3.63, 3.8) is 0 Å². The quantitative estimate of drug-likeness (QED) is 0.748. The van der Waals surface area contributed by atoms with Crippen LogP contribution in [0.25, 0.3) is 0 Å². The average Bonchev–Trinajstić information content (AvgIpc) is 2.29. The van der Waals surface area contributed by atoms with Gasteiger partial charge in [0.25, 0.3) is 0 Å². The molecule has 0 fully saturated rings. The molecule has 1 aliphatic heterocycles. The summed E-state index contributed by atoms with van der Waals surface area (Å²) >= 11 is 0. The molecule has 0 unspecified atom stereocenters. The van der Waals surface area contributed by atoms with Gasteiger partial charge in [0, 0.05) is 0 Å². The van der Waals surface area contributed by atoms with Gasteiger partial charge < -0.3 is 10.1 Å². The molecule has 1 amide bonds. The number of fused-ring (bicyclic) bond motifs is 1. The van der Waals surface area contributed by atoms with Gasteiger partial charge in [0.2, 0.25) is 5.91 Å². The molecule has 0 atom stereocenters. The van der Waals surface area contributed by atoms with Crippen LogP contribution in [0.4, 0.5) is 5.69 Å². The van der Waals surface area contributed by atoms with Gasteiger partial charge in [-0.05, 0) is 30.5 Å². The summed E-state index contributed by atoms with van der Waals surface area (Å²) in [6, 6.07) is 5.79. The lowest BCUT2D eigenvalue weighted by Gasteiger charge is -2.20. The Bertz CT molecular complexity index is 399. The SMILES string of the molecule is C=CC(=O)Nc1cccc2c1OCCC2. The van der Waals surface area contributed by atoms with Crippen molar-refractivity contribution in [1.29, 1.82) is 0 Å². The molecular weight excluding hydrogens is 190 g/mol. The van der Waals surface area contributed by atoms with Crippen molar-refractivity contribution in [2.75, 3.05) is 11.9 Å². The second-order valence-electron chi connectivity index (χ2n) is 3.44. The van der Waals surface area contributed by atoms with Gasteiger partial charge in [-0.15, -0.1) is 0 Å². The Kier molecular flexibility index (Phi) is 2.72. The van der Waals surface area contributed by atoms with Crippen molar-refractivity contribution >= 4 is 11.6 Å². The standard InChI is InChI=1S/C12H13NO2/c1-2-11(14)13-10-7-3-5-9-6-4-8-15-12(9)10/h2-3,5,7H,1,4,6,8H2,(H,13,14). The number of carbonyl (C=O) groups is 1. The zero-order chi connectivity index (χ0) is 10.7. The highest BCUT2D eigenvalue weighted by Gasteiger charge is 2.14. The van der Waals surface area contributed by atoms with E-state index < -0.39 is 0 Å². The van der Waals surface area contributed by atoms with Crippen LogP contribution in [0.2, 0.25) is 0 Å². The molecular formula is C12H13NO2. The van der Waals surface area contributed by atoms with Crippen LogP contribution in [-0.2, 0) is 11.2 Å². The number of para-hydroxylation sites is 1. The zero-order valence-corrected chi connectivity index (χ0v) is 8.45. The number of carbonyl (C=O) groups excluding carboxylic acids is 1. The summed E-state index contributed by atoms with van der Waals surface area (Å²) in [4.78, 5) is 11.2. The molecule has 3 heteroatoms. The van der Waals surface area contributed by atoms with E-state index in [2.05, 4.69) is 11.9 Å². The molecule has 2 rings (SSSR count). The average molecular weight is 203 g/mol. The van der Waals surface area contributed by atoms with Crippen LogP contribution in [0.1, 0.15) is 12.0 Å². The van der Waals surface area contributed by atoms with Crippen LogP contribution in [0.15, 0.2) is 30.9 Å². The molecule has 0 aliphatic carbocycles. The molecule has 0 spiro atoms. The van der Waals surface area contributed by atoms with E-state index in [0.29, 0.717) is 6.61 Å². The third-order valence-electron chi connectivity index (χ3n) is 2.38. The van der Waals surface area contributed by atoms with Gasteiger partial charge in [-0.25, -0.2) is 0 Å². The van der Waals surface area contributed by atoms with E-state index in [1.165, 1.54) is 6.08 Å². The Morgan fingerprint density at radius 1 is 1.53 bits per heavy atom. The zero-order valence-electron chi connectivity index (χ0n) is 8.45. The van der Waals surface area contributed by atoms with E-state index in [-0.39, 0.29) is 5.91 Å². The number of hydrogen-bond donors (Lipinski definition) is 1. The fraction of sp³-hybridized carbons (Fsp3) is 0.250. The lowest BCUT2D eigenvalue weighted by Crippen LogP contribution is -2.13. The number of hydrogen-bond acceptors (Lipinski definition) is 2. The molecule has 1 heterocycles. The minimum Gasteiger partial charge on any atom is -0.491 e. The minimum absolute atomic E-state index is 0.211. The van der Waals surface area contributed by atoms with Crippen LogP contribution in [0.3, 0.4) is 0 Å².